The van der Waals surface area contributed by atoms with Gasteiger partial charge in [-0.25, -0.2) is 0 Å². The number of benzene rings is 1. The highest BCUT2D eigenvalue weighted by Gasteiger charge is 2.08. The fourth-order valence-corrected chi connectivity index (χ4v) is 1.69. The molecular formula is C14H19ClN2O2. The van der Waals surface area contributed by atoms with E-state index in [0.717, 1.165) is 13.1 Å². The van der Waals surface area contributed by atoms with Crippen LogP contribution >= 0.6 is 11.6 Å². The van der Waals surface area contributed by atoms with Gasteiger partial charge in [0.05, 0.1) is 0 Å². The number of ketones is 1. The van der Waals surface area contributed by atoms with Crippen LogP contribution in [0.5, 0.6) is 0 Å². The fraction of sp³-hybridized carbons (Fsp3) is 0.429. The monoisotopic (exact) mass is 282 g/mol. The lowest BCUT2D eigenvalue weighted by Crippen LogP contribution is -2.31. The number of hydrogen-bond acceptors (Lipinski definition) is 3. The van der Waals surface area contributed by atoms with E-state index in [1.165, 1.54) is 0 Å². The average molecular weight is 283 g/mol. The van der Waals surface area contributed by atoms with Gasteiger partial charge in [0.15, 0.2) is 5.78 Å². The molecule has 0 saturated carbocycles. The minimum atomic E-state index is -0.0970. The SMILES string of the molecule is CCNCCNC(=O)CCC(=O)c1ccc(Cl)cc1. The number of carbonyl (C=O) groups is 2. The van der Waals surface area contributed by atoms with Gasteiger partial charge in [-0.2, -0.15) is 0 Å². The Kier molecular flexibility index (Phi) is 7.15. The Hall–Kier alpha value is -1.39. The van der Waals surface area contributed by atoms with E-state index in [1.54, 1.807) is 24.3 Å². The molecule has 1 aromatic carbocycles. The van der Waals surface area contributed by atoms with Crippen LogP contribution in [0.15, 0.2) is 24.3 Å². The molecule has 1 rings (SSSR count). The Bertz CT molecular complexity index is 418. The zero-order chi connectivity index (χ0) is 14.1. The van der Waals surface area contributed by atoms with Gasteiger partial charge >= 0.3 is 0 Å². The van der Waals surface area contributed by atoms with Crippen molar-refractivity contribution in [1.29, 1.82) is 0 Å². The summed E-state index contributed by atoms with van der Waals surface area (Å²) in [4.78, 5) is 23.3. The Labute approximate surface area is 118 Å². The molecule has 0 aromatic heterocycles. The molecule has 0 fully saturated rings. The summed E-state index contributed by atoms with van der Waals surface area (Å²) in [7, 11) is 0. The molecule has 0 aliphatic heterocycles. The van der Waals surface area contributed by atoms with Crippen molar-refractivity contribution in [2.45, 2.75) is 19.8 Å². The highest BCUT2D eigenvalue weighted by molar-refractivity contribution is 6.30. The van der Waals surface area contributed by atoms with Crippen molar-refractivity contribution in [2.24, 2.45) is 0 Å². The second kappa shape index (κ2) is 8.67. The zero-order valence-corrected chi connectivity index (χ0v) is 11.8. The predicted octanol–water partition coefficient (Wildman–Crippen LogP) is 2.03. The van der Waals surface area contributed by atoms with Crippen molar-refractivity contribution < 1.29 is 9.59 Å². The van der Waals surface area contributed by atoms with Crippen LogP contribution < -0.4 is 10.6 Å². The number of amides is 1. The van der Waals surface area contributed by atoms with Gasteiger partial charge in [0, 0.05) is 36.5 Å². The summed E-state index contributed by atoms with van der Waals surface area (Å²) >= 11 is 5.75. The molecular weight excluding hydrogens is 264 g/mol. The molecule has 0 spiro atoms. The first-order valence-corrected chi connectivity index (χ1v) is 6.77. The molecule has 0 saturated heterocycles. The predicted molar refractivity (Wildman–Crippen MR) is 76.6 cm³/mol. The maximum atomic E-state index is 11.8. The lowest BCUT2D eigenvalue weighted by Gasteiger charge is -2.05. The van der Waals surface area contributed by atoms with Gasteiger partial charge in [0.25, 0.3) is 0 Å². The molecule has 0 radical (unpaired) electrons. The Morgan fingerprint density at radius 3 is 2.42 bits per heavy atom. The van der Waals surface area contributed by atoms with Crippen molar-refractivity contribution in [3.05, 3.63) is 34.9 Å². The largest absolute Gasteiger partial charge is 0.355 e. The minimum absolute atomic E-state index is 0.0431. The van der Waals surface area contributed by atoms with Crippen LogP contribution in [0.3, 0.4) is 0 Å². The van der Waals surface area contributed by atoms with Crippen molar-refractivity contribution >= 4 is 23.3 Å². The topological polar surface area (TPSA) is 58.2 Å². The third-order valence-corrected chi connectivity index (χ3v) is 2.87. The van der Waals surface area contributed by atoms with E-state index < -0.39 is 0 Å². The fourth-order valence-electron chi connectivity index (χ4n) is 1.56. The number of likely N-dealkylation sites (N-methyl/N-ethyl adjacent to an activating group) is 1. The van der Waals surface area contributed by atoms with Crippen LogP contribution in [-0.2, 0) is 4.79 Å². The summed E-state index contributed by atoms with van der Waals surface area (Å²) in [6.07, 6.45) is 0.433. The lowest BCUT2D eigenvalue weighted by atomic mass is 10.1. The van der Waals surface area contributed by atoms with Gasteiger partial charge < -0.3 is 10.6 Å². The number of carbonyl (C=O) groups excluding carboxylic acids is 2. The minimum Gasteiger partial charge on any atom is -0.355 e. The molecule has 1 aromatic rings. The lowest BCUT2D eigenvalue weighted by molar-refractivity contribution is -0.121. The van der Waals surface area contributed by atoms with E-state index in [-0.39, 0.29) is 24.5 Å². The van der Waals surface area contributed by atoms with E-state index in [9.17, 15) is 9.59 Å². The molecule has 1 amide bonds. The van der Waals surface area contributed by atoms with E-state index in [1.807, 2.05) is 6.92 Å². The Morgan fingerprint density at radius 2 is 1.79 bits per heavy atom. The number of rotatable bonds is 8. The molecule has 0 aliphatic rings. The summed E-state index contributed by atoms with van der Waals surface area (Å²) < 4.78 is 0. The summed E-state index contributed by atoms with van der Waals surface area (Å²) in [5, 5.41) is 6.46. The van der Waals surface area contributed by atoms with Crippen LogP contribution in [-0.4, -0.2) is 31.3 Å². The summed E-state index contributed by atoms with van der Waals surface area (Å²) in [5.74, 6) is -0.140. The van der Waals surface area contributed by atoms with Gasteiger partial charge in [-0.15, -0.1) is 0 Å². The molecule has 0 bridgehead atoms. The molecule has 0 unspecified atom stereocenters. The van der Waals surface area contributed by atoms with Gasteiger partial charge in [-0.1, -0.05) is 18.5 Å². The van der Waals surface area contributed by atoms with Gasteiger partial charge in [-0.3, -0.25) is 9.59 Å². The summed E-state index contributed by atoms with van der Waals surface area (Å²) in [5.41, 5.74) is 0.588. The average Bonchev–Trinajstić information content (AvgIpc) is 2.42. The normalized spacial score (nSPS) is 10.2. The van der Waals surface area contributed by atoms with Gasteiger partial charge in [0.2, 0.25) is 5.91 Å². The van der Waals surface area contributed by atoms with Crippen molar-refractivity contribution in [1.82, 2.24) is 10.6 Å². The van der Waals surface area contributed by atoms with E-state index in [4.69, 9.17) is 11.6 Å². The molecule has 5 heteroatoms. The molecule has 4 nitrogen and oxygen atoms in total. The first-order chi connectivity index (χ1) is 9.13. The van der Waals surface area contributed by atoms with E-state index in [0.29, 0.717) is 17.1 Å². The summed E-state index contributed by atoms with van der Waals surface area (Å²) in [6, 6.07) is 6.69. The van der Waals surface area contributed by atoms with Crippen LogP contribution in [0.4, 0.5) is 0 Å². The zero-order valence-electron chi connectivity index (χ0n) is 11.0. The molecule has 104 valence electrons. The third kappa shape index (κ3) is 6.36. The van der Waals surface area contributed by atoms with Crippen LogP contribution in [0.2, 0.25) is 5.02 Å². The Balaban J connectivity index is 2.26. The molecule has 0 heterocycles. The number of nitrogens with one attached hydrogen (secondary N) is 2. The van der Waals surface area contributed by atoms with Gasteiger partial charge in [-0.05, 0) is 30.8 Å². The standard InChI is InChI=1S/C14H19ClN2O2/c1-2-16-9-10-17-14(19)8-7-13(18)11-3-5-12(15)6-4-11/h3-6,16H,2,7-10H2,1H3,(H,17,19). The smallest absolute Gasteiger partial charge is 0.220 e. The van der Waals surface area contributed by atoms with Crippen molar-refractivity contribution in [3.8, 4) is 0 Å². The number of halogens is 1. The molecule has 0 atom stereocenters. The highest BCUT2D eigenvalue weighted by Crippen LogP contribution is 2.11. The number of Topliss-reactive ketones (excluding diaryl/α,β-unsaturated/α-hetero) is 1. The van der Waals surface area contributed by atoms with Crippen molar-refractivity contribution in [3.63, 3.8) is 0 Å². The quantitative estimate of drug-likeness (QED) is 0.567. The second-order valence-electron chi connectivity index (χ2n) is 4.13. The molecule has 2 N–H and O–H groups in total. The van der Waals surface area contributed by atoms with Crippen LogP contribution in [0.25, 0.3) is 0 Å². The van der Waals surface area contributed by atoms with Crippen LogP contribution in [0.1, 0.15) is 30.1 Å². The third-order valence-electron chi connectivity index (χ3n) is 2.62. The van der Waals surface area contributed by atoms with Crippen LogP contribution in [0, 0.1) is 0 Å². The van der Waals surface area contributed by atoms with Crippen molar-refractivity contribution in [2.75, 3.05) is 19.6 Å². The maximum absolute atomic E-state index is 11.8. The molecule has 19 heavy (non-hydrogen) atoms. The summed E-state index contributed by atoms with van der Waals surface area (Å²) in [6.45, 7) is 4.21. The first-order valence-electron chi connectivity index (χ1n) is 6.39. The first kappa shape index (κ1) is 15.7. The maximum Gasteiger partial charge on any atom is 0.220 e. The highest BCUT2D eigenvalue weighted by atomic mass is 35.5. The second-order valence-corrected chi connectivity index (χ2v) is 4.57. The number of hydrogen-bond donors (Lipinski definition) is 2. The Morgan fingerprint density at radius 1 is 1.11 bits per heavy atom. The van der Waals surface area contributed by atoms with Gasteiger partial charge in [0.1, 0.15) is 0 Å². The van der Waals surface area contributed by atoms with E-state index in [2.05, 4.69) is 10.6 Å². The molecule has 0 aliphatic carbocycles. The van der Waals surface area contributed by atoms with E-state index >= 15 is 0 Å².